The van der Waals surface area contributed by atoms with Gasteiger partial charge in [0.2, 0.25) is 5.75 Å². The van der Waals surface area contributed by atoms with Crippen LogP contribution < -0.4 is 25.1 Å². The van der Waals surface area contributed by atoms with Crippen molar-refractivity contribution in [3.8, 4) is 17.2 Å². The number of fused-ring (bicyclic) bond motifs is 1. The third-order valence-electron chi connectivity index (χ3n) is 5.97. The minimum absolute atomic E-state index is 0.253. The Morgan fingerprint density at radius 1 is 1.05 bits per heavy atom. The fourth-order valence-corrected chi connectivity index (χ4v) is 4.32. The first-order valence-electron chi connectivity index (χ1n) is 12.5. The molecule has 1 N–H and O–H groups in total. The summed E-state index contributed by atoms with van der Waals surface area (Å²) in [7, 11) is 2.98. The Hall–Kier alpha value is -4.18. The Balaban J connectivity index is 1.64. The van der Waals surface area contributed by atoms with Crippen LogP contribution >= 0.6 is 15.9 Å². The minimum Gasteiger partial charge on any atom is -0.493 e. The van der Waals surface area contributed by atoms with Crippen molar-refractivity contribution in [2.75, 3.05) is 26.1 Å². The predicted molar refractivity (Wildman–Crippen MR) is 160 cm³/mol. The molecule has 0 spiro atoms. The molecule has 4 rings (SSSR count). The summed E-state index contributed by atoms with van der Waals surface area (Å²) < 4.78 is 18.9. The molecule has 0 aliphatic rings. The van der Waals surface area contributed by atoms with Gasteiger partial charge in [0, 0.05) is 21.1 Å². The summed E-state index contributed by atoms with van der Waals surface area (Å²) in [6.45, 7) is 7.63. The molecule has 0 unspecified atom stereocenters. The third kappa shape index (κ3) is 6.51. The van der Waals surface area contributed by atoms with Gasteiger partial charge >= 0.3 is 0 Å². The summed E-state index contributed by atoms with van der Waals surface area (Å²) >= 11 is 3.42. The number of nitrogens with zero attached hydrogens (tertiary/aromatic N) is 3. The second-order valence-corrected chi connectivity index (χ2v) is 11.1. The number of aryl methyl sites for hydroxylation is 1. The fourth-order valence-electron chi connectivity index (χ4n) is 3.95. The second-order valence-electron chi connectivity index (χ2n) is 10.2. The highest BCUT2D eigenvalue weighted by Crippen LogP contribution is 2.38. The van der Waals surface area contributed by atoms with Crippen LogP contribution in [0.15, 0.2) is 69.0 Å². The first kappa shape index (κ1) is 28.8. The maximum absolute atomic E-state index is 13.4. The molecule has 208 valence electrons. The summed E-state index contributed by atoms with van der Waals surface area (Å²) in [6.07, 6.45) is 1.53. The molecular weight excluding hydrogens is 576 g/mol. The lowest BCUT2D eigenvalue weighted by molar-refractivity contribution is -0.118. The number of carbonyl (C=O) groups is 1. The standard InChI is InChI=1S/C30H31BrN4O5/c1-18-7-10-21(11-8-18)33-26(36)17-40-27-24(38-5)13-19(14-25(27)39-6)16-32-35-28(37)22-15-20(31)9-12-23(22)34-29(35)30(2,3)4/h7-16H,17H2,1-6H3,(H,33,36). The van der Waals surface area contributed by atoms with Gasteiger partial charge < -0.3 is 19.5 Å². The molecule has 0 atom stereocenters. The molecule has 10 heteroatoms. The van der Waals surface area contributed by atoms with Gasteiger partial charge in [0.15, 0.2) is 18.1 Å². The quantitative estimate of drug-likeness (QED) is 0.259. The first-order chi connectivity index (χ1) is 19.0. The molecule has 0 radical (unpaired) electrons. The Morgan fingerprint density at radius 3 is 2.30 bits per heavy atom. The second kappa shape index (κ2) is 11.9. The Labute approximate surface area is 240 Å². The number of aromatic nitrogens is 2. The average Bonchev–Trinajstić information content (AvgIpc) is 2.92. The smallest absolute Gasteiger partial charge is 0.282 e. The lowest BCUT2D eigenvalue weighted by Gasteiger charge is -2.21. The Morgan fingerprint density at radius 2 is 1.70 bits per heavy atom. The van der Waals surface area contributed by atoms with Crippen LogP contribution in [0.5, 0.6) is 17.2 Å². The van der Waals surface area contributed by atoms with Crippen molar-refractivity contribution >= 4 is 44.6 Å². The Bertz CT molecular complexity index is 1610. The topological polar surface area (TPSA) is 104 Å². The molecule has 40 heavy (non-hydrogen) atoms. The van der Waals surface area contributed by atoms with Gasteiger partial charge in [0.1, 0.15) is 5.82 Å². The molecule has 0 aliphatic heterocycles. The molecule has 9 nitrogen and oxygen atoms in total. The Kier molecular flexibility index (Phi) is 8.58. The van der Waals surface area contributed by atoms with Crippen LogP contribution in [0.1, 0.15) is 37.7 Å². The van der Waals surface area contributed by atoms with Gasteiger partial charge in [-0.05, 0) is 49.4 Å². The van der Waals surface area contributed by atoms with Gasteiger partial charge in [-0.1, -0.05) is 54.4 Å². The number of benzene rings is 3. The zero-order chi connectivity index (χ0) is 29.0. The summed E-state index contributed by atoms with van der Waals surface area (Å²) in [5.74, 6) is 1.14. The molecule has 0 fully saturated rings. The van der Waals surface area contributed by atoms with Crippen LogP contribution in [0.3, 0.4) is 0 Å². The van der Waals surface area contributed by atoms with Crippen molar-refractivity contribution in [2.45, 2.75) is 33.1 Å². The first-order valence-corrected chi connectivity index (χ1v) is 13.3. The van der Waals surface area contributed by atoms with E-state index >= 15 is 0 Å². The maximum atomic E-state index is 13.4. The lowest BCUT2D eigenvalue weighted by atomic mass is 9.95. The summed E-state index contributed by atoms with van der Waals surface area (Å²) in [6, 6.07) is 16.2. The maximum Gasteiger partial charge on any atom is 0.282 e. The number of hydrogen-bond donors (Lipinski definition) is 1. The van der Waals surface area contributed by atoms with E-state index in [1.165, 1.54) is 25.1 Å². The van der Waals surface area contributed by atoms with E-state index < -0.39 is 5.41 Å². The SMILES string of the molecule is COc1cc(C=Nn2c(C(C)(C)C)nc3ccc(Br)cc3c2=O)cc(OC)c1OCC(=O)Nc1ccc(C)cc1. The number of rotatable bonds is 8. The number of methoxy groups -OCH3 is 2. The van der Waals surface area contributed by atoms with Crippen LogP contribution in [0.2, 0.25) is 0 Å². The highest BCUT2D eigenvalue weighted by atomic mass is 79.9. The van der Waals surface area contributed by atoms with E-state index in [1.54, 1.807) is 24.3 Å². The van der Waals surface area contributed by atoms with Crippen molar-refractivity contribution in [3.05, 3.63) is 86.4 Å². The van der Waals surface area contributed by atoms with E-state index in [0.717, 1.165) is 10.0 Å². The molecule has 4 aromatic rings. The summed E-state index contributed by atoms with van der Waals surface area (Å²) in [4.78, 5) is 30.7. The van der Waals surface area contributed by atoms with Crippen LogP contribution in [-0.2, 0) is 10.2 Å². The third-order valence-corrected chi connectivity index (χ3v) is 6.46. The molecule has 0 saturated heterocycles. The average molecular weight is 608 g/mol. The normalized spacial score (nSPS) is 11.6. The zero-order valence-corrected chi connectivity index (χ0v) is 24.8. The van der Waals surface area contributed by atoms with Crippen LogP contribution in [-0.4, -0.2) is 42.6 Å². The highest BCUT2D eigenvalue weighted by Gasteiger charge is 2.23. The van der Waals surface area contributed by atoms with Gasteiger partial charge in [-0.15, -0.1) is 0 Å². The molecule has 0 bridgehead atoms. The molecule has 0 saturated carbocycles. The van der Waals surface area contributed by atoms with Crippen LogP contribution in [0, 0.1) is 6.92 Å². The molecule has 1 amide bonds. The van der Waals surface area contributed by atoms with Crippen molar-refractivity contribution in [3.63, 3.8) is 0 Å². The van der Waals surface area contributed by atoms with Gasteiger partial charge in [0.25, 0.3) is 11.5 Å². The van der Waals surface area contributed by atoms with Crippen molar-refractivity contribution < 1.29 is 19.0 Å². The van der Waals surface area contributed by atoms with Crippen molar-refractivity contribution in [1.82, 2.24) is 9.66 Å². The summed E-state index contributed by atoms with van der Waals surface area (Å²) in [5, 5.41) is 7.76. The van der Waals surface area contributed by atoms with Crippen LogP contribution in [0.25, 0.3) is 10.9 Å². The summed E-state index contributed by atoms with van der Waals surface area (Å²) in [5.41, 5.74) is 2.21. The lowest BCUT2D eigenvalue weighted by Crippen LogP contribution is -2.29. The number of amides is 1. The van der Waals surface area contributed by atoms with Crippen molar-refractivity contribution in [2.24, 2.45) is 5.10 Å². The predicted octanol–water partition coefficient (Wildman–Crippen LogP) is 5.68. The fraction of sp³-hybridized carbons (Fsp3) is 0.267. The number of anilines is 1. The van der Waals surface area contributed by atoms with E-state index in [-0.39, 0.29) is 23.8 Å². The molecular formula is C30H31BrN4O5. The van der Waals surface area contributed by atoms with Gasteiger partial charge in [-0.2, -0.15) is 9.78 Å². The van der Waals surface area contributed by atoms with E-state index in [0.29, 0.717) is 39.5 Å². The number of halogens is 1. The van der Waals surface area contributed by atoms with Crippen molar-refractivity contribution in [1.29, 1.82) is 0 Å². The molecule has 3 aromatic carbocycles. The number of hydrogen-bond acceptors (Lipinski definition) is 7. The highest BCUT2D eigenvalue weighted by molar-refractivity contribution is 9.10. The molecule has 0 aliphatic carbocycles. The van der Waals surface area contributed by atoms with Gasteiger partial charge in [-0.25, -0.2) is 4.98 Å². The van der Waals surface area contributed by atoms with E-state index in [2.05, 4.69) is 26.3 Å². The number of ether oxygens (including phenoxy) is 3. The number of carbonyl (C=O) groups excluding carboxylic acids is 1. The van der Waals surface area contributed by atoms with E-state index in [1.807, 2.05) is 58.0 Å². The minimum atomic E-state index is -0.454. The van der Waals surface area contributed by atoms with E-state index in [4.69, 9.17) is 19.2 Å². The monoisotopic (exact) mass is 606 g/mol. The van der Waals surface area contributed by atoms with Gasteiger partial charge in [0.05, 0.1) is 31.3 Å². The number of nitrogens with one attached hydrogen (secondary N) is 1. The molecule has 1 aromatic heterocycles. The molecule has 1 heterocycles. The zero-order valence-electron chi connectivity index (χ0n) is 23.2. The van der Waals surface area contributed by atoms with Gasteiger partial charge in [-0.3, -0.25) is 9.59 Å². The van der Waals surface area contributed by atoms with E-state index in [9.17, 15) is 9.59 Å². The van der Waals surface area contributed by atoms with Crippen LogP contribution in [0.4, 0.5) is 5.69 Å². The largest absolute Gasteiger partial charge is 0.493 e.